The van der Waals surface area contributed by atoms with E-state index >= 15 is 0 Å². The Hall–Kier alpha value is -2.30. The number of hydrogen-bond donors (Lipinski definition) is 1. The molecule has 1 heterocycles. The zero-order chi connectivity index (χ0) is 19.2. The number of ether oxygens (including phenoxy) is 2. The summed E-state index contributed by atoms with van der Waals surface area (Å²) >= 11 is 0. The second-order valence-electron chi connectivity index (χ2n) is 7.36. The Balaban J connectivity index is 2.79. The summed E-state index contributed by atoms with van der Waals surface area (Å²) < 4.78 is 9.68. The van der Waals surface area contributed by atoms with Gasteiger partial charge in [0.25, 0.3) is 0 Å². The number of hydrogen-bond acceptors (Lipinski definition) is 6. The molecule has 2 amide bonds. The number of amides is 2. The van der Waals surface area contributed by atoms with Crippen LogP contribution in [-0.2, 0) is 19.1 Å². The second-order valence-corrected chi connectivity index (χ2v) is 7.36. The van der Waals surface area contributed by atoms with Crippen LogP contribution in [0, 0.1) is 16.7 Å². The van der Waals surface area contributed by atoms with E-state index in [9.17, 15) is 19.6 Å². The standard InChI is InChI=1S/C17H27N3O5/c1-11(21)24-12(2)25-16(23)19-14(9-17(3,4)5)15(22)20-8-6-7-13(20)10-18/h12-14H,6-9H2,1-5H3,(H,19,23)/t12?,13-,14-/m0/s1. The lowest BCUT2D eigenvalue weighted by Crippen LogP contribution is -2.51. The van der Waals surface area contributed by atoms with Gasteiger partial charge in [0.1, 0.15) is 12.1 Å². The van der Waals surface area contributed by atoms with Crippen molar-refractivity contribution in [2.24, 2.45) is 5.41 Å². The van der Waals surface area contributed by atoms with Gasteiger partial charge in [-0.2, -0.15) is 5.26 Å². The van der Waals surface area contributed by atoms with Gasteiger partial charge in [0, 0.05) is 20.4 Å². The van der Waals surface area contributed by atoms with Gasteiger partial charge in [0.15, 0.2) is 0 Å². The molecule has 140 valence electrons. The summed E-state index contributed by atoms with van der Waals surface area (Å²) in [6.07, 6.45) is -0.110. The summed E-state index contributed by atoms with van der Waals surface area (Å²) in [4.78, 5) is 37.2. The van der Waals surface area contributed by atoms with Crippen molar-refractivity contribution in [1.82, 2.24) is 10.2 Å². The second kappa shape index (κ2) is 8.70. The molecule has 0 radical (unpaired) electrons. The van der Waals surface area contributed by atoms with Gasteiger partial charge in [0.05, 0.1) is 6.07 Å². The third-order valence-corrected chi connectivity index (χ3v) is 3.70. The molecule has 0 bridgehead atoms. The Kier molecular flexibility index (Phi) is 7.22. The summed E-state index contributed by atoms with van der Waals surface area (Å²) in [6, 6.07) is 0.844. The monoisotopic (exact) mass is 353 g/mol. The van der Waals surface area contributed by atoms with Gasteiger partial charge in [-0.1, -0.05) is 20.8 Å². The smallest absolute Gasteiger partial charge is 0.410 e. The van der Waals surface area contributed by atoms with E-state index in [1.165, 1.54) is 18.7 Å². The number of carbonyl (C=O) groups is 3. The van der Waals surface area contributed by atoms with Crippen molar-refractivity contribution in [3.63, 3.8) is 0 Å². The highest BCUT2D eigenvalue weighted by Crippen LogP contribution is 2.24. The number of rotatable bonds is 5. The predicted molar refractivity (Wildman–Crippen MR) is 89.1 cm³/mol. The quantitative estimate of drug-likeness (QED) is 0.597. The number of esters is 1. The highest BCUT2D eigenvalue weighted by molar-refractivity contribution is 5.86. The van der Waals surface area contributed by atoms with Crippen LogP contribution in [0.4, 0.5) is 4.79 Å². The molecule has 0 saturated carbocycles. The molecule has 1 aliphatic rings. The fourth-order valence-corrected chi connectivity index (χ4v) is 2.76. The molecule has 1 fully saturated rings. The molecule has 0 aromatic rings. The number of carbonyl (C=O) groups excluding carboxylic acids is 3. The molecule has 1 rings (SSSR count). The molecule has 1 saturated heterocycles. The number of likely N-dealkylation sites (tertiary alicyclic amines) is 1. The average Bonchev–Trinajstić information content (AvgIpc) is 2.91. The molecule has 1 aliphatic heterocycles. The lowest BCUT2D eigenvalue weighted by atomic mass is 9.87. The lowest BCUT2D eigenvalue weighted by molar-refractivity contribution is -0.162. The Labute approximate surface area is 148 Å². The Morgan fingerprint density at radius 1 is 1.32 bits per heavy atom. The normalized spacial score (nSPS) is 19.5. The Morgan fingerprint density at radius 2 is 1.96 bits per heavy atom. The molecule has 3 atom stereocenters. The summed E-state index contributed by atoms with van der Waals surface area (Å²) in [5, 5.41) is 11.7. The first-order valence-corrected chi connectivity index (χ1v) is 8.38. The van der Waals surface area contributed by atoms with Crippen molar-refractivity contribution < 1.29 is 23.9 Å². The van der Waals surface area contributed by atoms with Gasteiger partial charge in [-0.3, -0.25) is 9.59 Å². The van der Waals surface area contributed by atoms with Gasteiger partial charge in [-0.05, 0) is 24.7 Å². The largest absolute Gasteiger partial charge is 0.426 e. The van der Waals surface area contributed by atoms with E-state index in [1.807, 2.05) is 20.8 Å². The van der Waals surface area contributed by atoms with Crippen LogP contribution in [0.5, 0.6) is 0 Å². The fourth-order valence-electron chi connectivity index (χ4n) is 2.76. The summed E-state index contributed by atoms with van der Waals surface area (Å²) in [7, 11) is 0. The van der Waals surface area contributed by atoms with Crippen LogP contribution in [0.2, 0.25) is 0 Å². The maximum absolute atomic E-state index is 12.8. The van der Waals surface area contributed by atoms with E-state index in [0.29, 0.717) is 19.4 Å². The zero-order valence-electron chi connectivity index (χ0n) is 15.5. The van der Waals surface area contributed by atoms with Crippen molar-refractivity contribution in [1.29, 1.82) is 5.26 Å². The van der Waals surface area contributed by atoms with Gasteiger partial charge in [-0.15, -0.1) is 0 Å². The van der Waals surface area contributed by atoms with Crippen LogP contribution in [0.15, 0.2) is 0 Å². The highest BCUT2D eigenvalue weighted by atomic mass is 16.7. The van der Waals surface area contributed by atoms with Crippen LogP contribution < -0.4 is 5.32 Å². The topological polar surface area (TPSA) is 109 Å². The minimum absolute atomic E-state index is 0.225. The van der Waals surface area contributed by atoms with Crippen molar-refractivity contribution >= 4 is 18.0 Å². The van der Waals surface area contributed by atoms with Crippen molar-refractivity contribution in [2.45, 2.75) is 72.3 Å². The molecule has 0 aromatic heterocycles. The fraction of sp³-hybridized carbons (Fsp3) is 0.765. The molecule has 0 aliphatic carbocycles. The average molecular weight is 353 g/mol. The van der Waals surface area contributed by atoms with Crippen LogP contribution in [0.3, 0.4) is 0 Å². The molecule has 0 aromatic carbocycles. The maximum atomic E-state index is 12.8. The molecular formula is C17H27N3O5. The third-order valence-electron chi connectivity index (χ3n) is 3.70. The third kappa shape index (κ3) is 6.99. The van der Waals surface area contributed by atoms with E-state index in [0.717, 1.165) is 6.42 Å². The van der Waals surface area contributed by atoms with Crippen molar-refractivity contribution in [3.05, 3.63) is 0 Å². The van der Waals surface area contributed by atoms with Gasteiger partial charge in [-0.25, -0.2) is 4.79 Å². The van der Waals surface area contributed by atoms with E-state index < -0.39 is 30.4 Å². The summed E-state index contributed by atoms with van der Waals surface area (Å²) in [6.45, 7) is 8.97. The van der Waals surface area contributed by atoms with Gasteiger partial charge < -0.3 is 19.7 Å². The van der Waals surface area contributed by atoms with E-state index in [2.05, 4.69) is 11.4 Å². The van der Waals surface area contributed by atoms with Crippen LogP contribution in [0.25, 0.3) is 0 Å². The number of nitrogens with zero attached hydrogens (tertiary/aromatic N) is 2. The van der Waals surface area contributed by atoms with Crippen molar-refractivity contribution in [2.75, 3.05) is 6.54 Å². The Bertz CT molecular complexity index is 549. The molecule has 25 heavy (non-hydrogen) atoms. The lowest BCUT2D eigenvalue weighted by Gasteiger charge is -2.30. The maximum Gasteiger partial charge on any atom is 0.410 e. The molecule has 1 N–H and O–H groups in total. The number of nitriles is 1. The van der Waals surface area contributed by atoms with E-state index in [-0.39, 0.29) is 11.3 Å². The first-order chi connectivity index (χ1) is 11.5. The van der Waals surface area contributed by atoms with Crippen LogP contribution >= 0.6 is 0 Å². The number of alkyl carbamates (subject to hydrolysis) is 1. The molecule has 0 spiro atoms. The van der Waals surface area contributed by atoms with Crippen LogP contribution in [0.1, 0.15) is 53.9 Å². The van der Waals surface area contributed by atoms with E-state index in [1.54, 1.807) is 0 Å². The highest BCUT2D eigenvalue weighted by Gasteiger charge is 2.36. The first kappa shape index (κ1) is 20.7. The molecule has 8 nitrogen and oxygen atoms in total. The first-order valence-electron chi connectivity index (χ1n) is 8.38. The molecular weight excluding hydrogens is 326 g/mol. The van der Waals surface area contributed by atoms with E-state index in [4.69, 9.17) is 9.47 Å². The van der Waals surface area contributed by atoms with Gasteiger partial charge >= 0.3 is 12.1 Å². The molecule has 1 unspecified atom stereocenters. The minimum atomic E-state index is -1.05. The minimum Gasteiger partial charge on any atom is -0.426 e. The van der Waals surface area contributed by atoms with Crippen LogP contribution in [-0.4, -0.2) is 47.8 Å². The SMILES string of the molecule is CC(=O)OC(C)OC(=O)N[C@@H](CC(C)(C)C)C(=O)N1CCC[C@H]1C#N. The van der Waals surface area contributed by atoms with Gasteiger partial charge in [0.2, 0.25) is 12.2 Å². The zero-order valence-corrected chi connectivity index (χ0v) is 15.5. The van der Waals surface area contributed by atoms with Crippen molar-refractivity contribution in [3.8, 4) is 6.07 Å². The Morgan fingerprint density at radius 3 is 2.48 bits per heavy atom. The summed E-state index contributed by atoms with van der Waals surface area (Å²) in [5.74, 6) is -0.868. The molecule has 8 heteroatoms. The predicted octanol–water partition coefficient (Wildman–Crippen LogP) is 1.94. The summed E-state index contributed by atoms with van der Waals surface area (Å²) in [5.41, 5.74) is -0.225. The number of nitrogens with one attached hydrogen (secondary N) is 1.